The monoisotopic (exact) mass is 309 g/mol. The van der Waals surface area contributed by atoms with Crippen molar-refractivity contribution >= 4 is 28.6 Å². The third-order valence-corrected chi connectivity index (χ3v) is 4.48. The zero-order valence-electron chi connectivity index (χ0n) is 11.9. The molecular formula is C13H19N5S2. The Bertz CT molecular complexity index is 573. The molecule has 0 spiro atoms. The minimum atomic E-state index is 0.655. The molecule has 108 valence electrons. The Hall–Kier alpha value is -1.47. The first kappa shape index (κ1) is 14.9. The van der Waals surface area contributed by atoms with Gasteiger partial charge in [-0.15, -0.1) is 22.7 Å². The molecule has 0 unspecified atom stereocenters. The summed E-state index contributed by atoms with van der Waals surface area (Å²) in [4.78, 5) is 15.6. The van der Waals surface area contributed by atoms with Gasteiger partial charge in [0.1, 0.15) is 5.01 Å². The molecular weight excluding hydrogens is 290 g/mol. The van der Waals surface area contributed by atoms with E-state index in [2.05, 4.69) is 39.4 Å². The number of hydrogen-bond donors (Lipinski definition) is 2. The quantitative estimate of drug-likeness (QED) is 0.658. The fourth-order valence-electron chi connectivity index (χ4n) is 1.61. The summed E-state index contributed by atoms with van der Waals surface area (Å²) in [6.45, 7) is 8.33. The van der Waals surface area contributed by atoms with E-state index in [1.807, 2.05) is 18.6 Å². The van der Waals surface area contributed by atoms with Gasteiger partial charge in [-0.05, 0) is 20.8 Å². The van der Waals surface area contributed by atoms with E-state index in [4.69, 9.17) is 0 Å². The molecule has 2 rings (SSSR count). The van der Waals surface area contributed by atoms with Crippen molar-refractivity contribution in [2.24, 2.45) is 4.99 Å². The molecule has 0 aliphatic rings. The molecule has 7 heteroatoms. The second-order valence-electron chi connectivity index (χ2n) is 4.27. The van der Waals surface area contributed by atoms with Crippen LogP contribution in [0.4, 0.5) is 0 Å². The van der Waals surface area contributed by atoms with E-state index < -0.39 is 0 Å². The zero-order valence-corrected chi connectivity index (χ0v) is 13.6. The van der Waals surface area contributed by atoms with E-state index in [1.54, 1.807) is 22.7 Å². The highest BCUT2D eigenvalue weighted by molar-refractivity contribution is 7.11. The van der Waals surface area contributed by atoms with Crippen molar-refractivity contribution < 1.29 is 0 Å². The van der Waals surface area contributed by atoms with E-state index >= 15 is 0 Å². The highest BCUT2D eigenvalue weighted by atomic mass is 32.1. The lowest BCUT2D eigenvalue weighted by Gasteiger charge is -2.09. The van der Waals surface area contributed by atoms with E-state index in [0.717, 1.165) is 23.2 Å². The van der Waals surface area contributed by atoms with E-state index in [-0.39, 0.29) is 0 Å². The largest absolute Gasteiger partial charge is 0.357 e. The van der Waals surface area contributed by atoms with Gasteiger partial charge in [0.2, 0.25) is 0 Å². The lowest BCUT2D eigenvalue weighted by atomic mass is 10.4. The number of aliphatic imine (C=N–C) groups is 1. The molecule has 0 radical (unpaired) electrons. The van der Waals surface area contributed by atoms with Gasteiger partial charge in [0.05, 0.1) is 24.3 Å². The summed E-state index contributed by atoms with van der Waals surface area (Å²) in [6.07, 6.45) is 1.90. The van der Waals surface area contributed by atoms with Crippen LogP contribution in [-0.4, -0.2) is 22.5 Å². The molecule has 2 aromatic heterocycles. The number of aromatic nitrogens is 2. The predicted molar refractivity (Wildman–Crippen MR) is 85.4 cm³/mol. The van der Waals surface area contributed by atoms with Crippen LogP contribution < -0.4 is 10.6 Å². The number of thiazole rings is 2. The van der Waals surface area contributed by atoms with Gasteiger partial charge in [-0.25, -0.2) is 15.0 Å². The van der Waals surface area contributed by atoms with Gasteiger partial charge < -0.3 is 10.6 Å². The molecule has 0 saturated heterocycles. The predicted octanol–water partition coefficient (Wildman–Crippen LogP) is 2.47. The lowest BCUT2D eigenvalue weighted by molar-refractivity contribution is 0.812. The Kier molecular flexibility index (Phi) is 5.49. The minimum absolute atomic E-state index is 0.655. The molecule has 0 amide bonds. The fraction of sp³-hybridized carbons (Fsp3) is 0.462. The van der Waals surface area contributed by atoms with Gasteiger partial charge in [-0.3, -0.25) is 0 Å². The number of nitrogens with one attached hydrogen (secondary N) is 2. The van der Waals surface area contributed by atoms with Crippen molar-refractivity contribution in [1.29, 1.82) is 0 Å². The molecule has 0 bridgehead atoms. The molecule has 0 aromatic carbocycles. The maximum Gasteiger partial charge on any atom is 0.191 e. The van der Waals surface area contributed by atoms with Gasteiger partial charge in [-0.1, -0.05) is 0 Å². The third-order valence-electron chi connectivity index (χ3n) is 2.65. The SMILES string of the molecule is CCNC(=NCc1scnc1C)NCc1ncc(C)s1. The molecule has 0 saturated carbocycles. The van der Waals surface area contributed by atoms with Crippen LogP contribution in [0.25, 0.3) is 0 Å². The van der Waals surface area contributed by atoms with Gasteiger partial charge >= 0.3 is 0 Å². The van der Waals surface area contributed by atoms with Crippen LogP contribution in [-0.2, 0) is 13.1 Å². The second-order valence-corrected chi connectivity index (χ2v) is 6.53. The van der Waals surface area contributed by atoms with Crippen LogP contribution in [0.3, 0.4) is 0 Å². The van der Waals surface area contributed by atoms with Crippen LogP contribution in [0.1, 0.15) is 27.4 Å². The van der Waals surface area contributed by atoms with Crippen molar-refractivity contribution in [1.82, 2.24) is 20.6 Å². The van der Waals surface area contributed by atoms with Gasteiger partial charge in [-0.2, -0.15) is 0 Å². The number of hydrogen-bond acceptors (Lipinski definition) is 5. The number of guanidine groups is 1. The molecule has 20 heavy (non-hydrogen) atoms. The number of nitrogens with zero attached hydrogens (tertiary/aromatic N) is 3. The molecule has 2 N–H and O–H groups in total. The van der Waals surface area contributed by atoms with Gasteiger partial charge in [0, 0.05) is 22.5 Å². The van der Waals surface area contributed by atoms with Gasteiger partial charge in [0.15, 0.2) is 5.96 Å². The summed E-state index contributed by atoms with van der Waals surface area (Å²) in [5.41, 5.74) is 2.92. The first-order valence-electron chi connectivity index (χ1n) is 6.51. The summed E-state index contributed by atoms with van der Waals surface area (Å²) >= 11 is 3.35. The topological polar surface area (TPSA) is 62.2 Å². The Labute approximate surface area is 127 Å². The highest BCUT2D eigenvalue weighted by Crippen LogP contribution is 2.13. The average Bonchev–Trinajstić information content (AvgIpc) is 3.02. The first-order chi connectivity index (χ1) is 9.69. The Morgan fingerprint density at radius 1 is 1.30 bits per heavy atom. The Morgan fingerprint density at radius 3 is 2.75 bits per heavy atom. The van der Waals surface area contributed by atoms with Crippen LogP contribution in [0.15, 0.2) is 16.7 Å². The van der Waals surface area contributed by atoms with Crippen LogP contribution in [0.5, 0.6) is 0 Å². The molecule has 5 nitrogen and oxygen atoms in total. The van der Waals surface area contributed by atoms with Crippen LogP contribution in [0, 0.1) is 13.8 Å². The van der Waals surface area contributed by atoms with E-state index in [1.165, 1.54) is 9.75 Å². The lowest BCUT2D eigenvalue weighted by Crippen LogP contribution is -2.36. The molecule has 0 atom stereocenters. The summed E-state index contributed by atoms with van der Waals surface area (Å²) in [5, 5.41) is 7.62. The van der Waals surface area contributed by atoms with Crippen molar-refractivity contribution in [3.63, 3.8) is 0 Å². The molecule has 0 aliphatic heterocycles. The van der Waals surface area contributed by atoms with Crippen molar-refractivity contribution in [3.8, 4) is 0 Å². The fourth-order valence-corrected chi connectivity index (χ4v) is 3.04. The Balaban J connectivity index is 1.94. The Morgan fingerprint density at radius 2 is 2.15 bits per heavy atom. The zero-order chi connectivity index (χ0) is 14.4. The molecule has 0 aliphatic carbocycles. The standard InChI is InChI=1S/C13H19N5S2/c1-4-14-13(16-6-11-10(3)18-8-19-11)17-7-12-15-5-9(2)20-12/h5,8H,4,6-7H2,1-3H3,(H2,14,16,17). The maximum atomic E-state index is 4.58. The smallest absolute Gasteiger partial charge is 0.191 e. The van der Waals surface area contributed by atoms with E-state index in [9.17, 15) is 0 Å². The summed E-state index contributed by atoms with van der Waals surface area (Å²) in [5.74, 6) is 0.813. The van der Waals surface area contributed by atoms with Crippen LogP contribution in [0.2, 0.25) is 0 Å². The summed E-state index contributed by atoms with van der Waals surface area (Å²) < 4.78 is 0. The molecule has 2 heterocycles. The molecule has 0 fully saturated rings. The normalized spacial score (nSPS) is 11.7. The first-order valence-corrected chi connectivity index (χ1v) is 8.21. The second kappa shape index (κ2) is 7.35. The van der Waals surface area contributed by atoms with Crippen LogP contribution >= 0.6 is 22.7 Å². The number of aryl methyl sites for hydroxylation is 2. The highest BCUT2D eigenvalue weighted by Gasteiger charge is 2.03. The minimum Gasteiger partial charge on any atom is -0.357 e. The van der Waals surface area contributed by atoms with Crippen molar-refractivity contribution in [2.45, 2.75) is 33.9 Å². The van der Waals surface area contributed by atoms with Crippen molar-refractivity contribution in [3.05, 3.63) is 32.2 Å². The van der Waals surface area contributed by atoms with Crippen molar-refractivity contribution in [2.75, 3.05) is 6.54 Å². The third kappa shape index (κ3) is 4.28. The molecule has 2 aromatic rings. The summed E-state index contributed by atoms with van der Waals surface area (Å²) in [6, 6.07) is 0. The van der Waals surface area contributed by atoms with Gasteiger partial charge in [0.25, 0.3) is 0 Å². The average molecular weight is 309 g/mol. The van der Waals surface area contributed by atoms with E-state index in [0.29, 0.717) is 13.1 Å². The summed E-state index contributed by atoms with van der Waals surface area (Å²) in [7, 11) is 0. The maximum absolute atomic E-state index is 4.58. The number of rotatable bonds is 5.